The second kappa shape index (κ2) is 3.81. The molecule has 0 aliphatic heterocycles. The quantitative estimate of drug-likeness (QED) is 0.709. The van der Waals surface area contributed by atoms with Crippen molar-refractivity contribution in [2.24, 2.45) is 0 Å². The van der Waals surface area contributed by atoms with Gasteiger partial charge in [0, 0.05) is 9.72 Å². The van der Waals surface area contributed by atoms with Gasteiger partial charge in [-0.3, -0.25) is 0 Å². The van der Waals surface area contributed by atoms with Gasteiger partial charge >= 0.3 is 0 Å². The Balaban J connectivity index is 2.80. The van der Waals surface area contributed by atoms with E-state index in [1.165, 1.54) is 11.3 Å². The number of hydrogen-bond acceptors (Lipinski definition) is 2. The minimum Gasteiger partial charge on any atom is -0.236 e. The molecule has 0 spiro atoms. The summed E-state index contributed by atoms with van der Waals surface area (Å²) in [5.74, 6) is 0. The SMILES string of the molecule is Cc1c(S(=O)Cl)sc2ccc(Cl)cc12. The molecule has 0 aliphatic carbocycles. The van der Waals surface area contributed by atoms with Gasteiger partial charge in [-0.15, -0.1) is 11.3 Å². The molecule has 0 fully saturated rings. The van der Waals surface area contributed by atoms with Crippen LogP contribution in [0.25, 0.3) is 10.1 Å². The number of fused-ring (bicyclic) bond motifs is 1. The predicted octanol–water partition coefficient (Wildman–Crippen LogP) is 4.12. The smallest absolute Gasteiger partial charge is 0.158 e. The maximum Gasteiger partial charge on any atom is 0.158 e. The third kappa shape index (κ3) is 1.70. The molecule has 1 atom stereocenters. The lowest BCUT2D eigenvalue weighted by Crippen LogP contribution is -1.78. The molecule has 1 unspecified atom stereocenters. The third-order valence-corrected chi connectivity index (χ3v) is 5.34. The normalized spacial score (nSPS) is 13.4. The van der Waals surface area contributed by atoms with Crippen molar-refractivity contribution in [3.8, 4) is 0 Å². The summed E-state index contributed by atoms with van der Waals surface area (Å²) in [5.41, 5.74) is 0.959. The molecule has 5 heteroatoms. The first-order valence-electron chi connectivity index (χ1n) is 3.86. The zero-order chi connectivity index (χ0) is 10.3. The minimum atomic E-state index is -1.43. The lowest BCUT2D eigenvalue weighted by Gasteiger charge is -1.92. The summed E-state index contributed by atoms with van der Waals surface area (Å²) >= 11 is 7.33. The molecule has 0 radical (unpaired) electrons. The van der Waals surface area contributed by atoms with E-state index in [0.717, 1.165) is 15.6 Å². The summed E-state index contributed by atoms with van der Waals surface area (Å²) in [6.07, 6.45) is 0. The molecule has 2 aromatic rings. The summed E-state index contributed by atoms with van der Waals surface area (Å²) in [7, 11) is 4.14. The van der Waals surface area contributed by atoms with E-state index in [0.29, 0.717) is 9.23 Å². The van der Waals surface area contributed by atoms with Gasteiger partial charge < -0.3 is 0 Å². The van der Waals surface area contributed by atoms with Gasteiger partial charge in [0.15, 0.2) is 10.0 Å². The fourth-order valence-corrected chi connectivity index (χ4v) is 3.93. The van der Waals surface area contributed by atoms with Gasteiger partial charge in [-0.05, 0) is 46.8 Å². The van der Waals surface area contributed by atoms with Gasteiger partial charge in [-0.1, -0.05) is 11.6 Å². The maximum absolute atomic E-state index is 11.2. The van der Waals surface area contributed by atoms with Gasteiger partial charge in [0.05, 0.1) is 0 Å². The minimum absolute atomic E-state index is 0.685. The average Bonchev–Trinajstić information content (AvgIpc) is 2.44. The van der Waals surface area contributed by atoms with Crippen LogP contribution < -0.4 is 0 Å². The van der Waals surface area contributed by atoms with E-state index in [1.54, 1.807) is 0 Å². The van der Waals surface area contributed by atoms with Crippen LogP contribution in [0.15, 0.2) is 22.4 Å². The van der Waals surface area contributed by atoms with Crippen molar-refractivity contribution in [2.45, 2.75) is 11.1 Å². The van der Waals surface area contributed by atoms with Crippen molar-refractivity contribution >= 4 is 53.7 Å². The van der Waals surface area contributed by atoms with E-state index in [4.69, 9.17) is 22.3 Å². The number of thiophene rings is 1. The van der Waals surface area contributed by atoms with Crippen molar-refractivity contribution in [1.29, 1.82) is 0 Å². The summed E-state index contributed by atoms with van der Waals surface area (Å²) in [6, 6.07) is 5.61. The van der Waals surface area contributed by atoms with Gasteiger partial charge in [0.2, 0.25) is 0 Å². The van der Waals surface area contributed by atoms with Gasteiger partial charge in [0.1, 0.15) is 4.21 Å². The molecule has 1 nitrogen and oxygen atoms in total. The first-order valence-corrected chi connectivity index (χ1v) is 7.03. The Kier molecular flexibility index (Phi) is 2.84. The van der Waals surface area contributed by atoms with Crippen LogP contribution in [-0.2, 0) is 10.0 Å². The van der Waals surface area contributed by atoms with Gasteiger partial charge in [0.25, 0.3) is 0 Å². The first-order chi connectivity index (χ1) is 6.59. The van der Waals surface area contributed by atoms with E-state index in [2.05, 4.69) is 0 Å². The molecule has 0 bridgehead atoms. The monoisotopic (exact) mass is 264 g/mol. The van der Waals surface area contributed by atoms with Crippen LogP contribution in [0, 0.1) is 6.92 Å². The molecule has 0 N–H and O–H groups in total. The maximum atomic E-state index is 11.2. The van der Waals surface area contributed by atoms with Crippen LogP contribution in [0.1, 0.15) is 5.56 Å². The van der Waals surface area contributed by atoms with Crippen molar-refractivity contribution in [1.82, 2.24) is 0 Å². The molecule has 1 aromatic heterocycles. The molecule has 1 heterocycles. The first kappa shape index (κ1) is 10.4. The predicted molar refractivity (Wildman–Crippen MR) is 63.8 cm³/mol. The molecular weight excluding hydrogens is 259 g/mol. The van der Waals surface area contributed by atoms with Gasteiger partial charge in [-0.2, -0.15) is 0 Å². The standard InChI is InChI=1S/C9H6Cl2OS2/c1-5-7-4-6(10)2-3-8(7)13-9(5)14(11)12/h2-4H,1H3. The Hall–Kier alpha value is -0.0900. The molecule has 0 saturated heterocycles. The van der Waals surface area contributed by atoms with Crippen molar-refractivity contribution in [2.75, 3.05) is 0 Å². The van der Waals surface area contributed by atoms with Crippen LogP contribution in [0.2, 0.25) is 5.02 Å². The van der Waals surface area contributed by atoms with Crippen LogP contribution in [0.5, 0.6) is 0 Å². The Morgan fingerprint density at radius 3 is 2.79 bits per heavy atom. The van der Waals surface area contributed by atoms with Crippen molar-refractivity contribution in [3.05, 3.63) is 28.8 Å². The lowest BCUT2D eigenvalue weighted by atomic mass is 10.2. The second-order valence-electron chi connectivity index (χ2n) is 2.88. The number of halogens is 2. The highest BCUT2D eigenvalue weighted by Gasteiger charge is 2.12. The molecule has 14 heavy (non-hydrogen) atoms. The van der Waals surface area contributed by atoms with Crippen LogP contribution >= 0.6 is 33.6 Å². The Bertz CT molecular complexity index is 519. The van der Waals surface area contributed by atoms with E-state index >= 15 is 0 Å². The largest absolute Gasteiger partial charge is 0.236 e. The van der Waals surface area contributed by atoms with Gasteiger partial charge in [-0.25, -0.2) is 4.21 Å². The highest BCUT2D eigenvalue weighted by molar-refractivity contribution is 8.09. The zero-order valence-electron chi connectivity index (χ0n) is 7.21. The number of benzene rings is 1. The van der Waals surface area contributed by atoms with E-state index < -0.39 is 10.0 Å². The van der Waals surface area contributed by atoms with Crippen LogP contribution in [0.4, 0.5) is 0 Å². The van der Waals surface area contributed by atoms with E-state index in [9.17, 15) is 4.21 Å². The van der Waals surface area contributed by atoms with Crippen LogP contribution in [0.3, 0.4) is 0 Å². The third-order valence-electron chi connectivity index (χ3n) is 2.00. The summed E-state index contributed by atoms with van der Waals surface area (Å²) in [5, 5.41) is 1.72. The summed E-state index contributed by atoms with van der Waals surface area (Å²) in [6.45, 7) is 1.91. The van der Waals surface area contributed by atoms with E-state index in [-0.39, 0.29) is 0 Å². The second-order valence-corrected chi connectivity index (χ2v) is 6.32. The number of aryl methyl sites for hydroxylation is 1. The Morgan fingerprint density at radius 1 is 1.43 bits per heavy atom. The molecule has 1 aromatic carbocycles. The van der Waals surface area contributed by atoms with E-state index in [1.807, 2.05) is 25.1 Å². The molecular formula is C9H6Cl2OS2. The molecule has 2 rings (SSSR count). The molecule has 0 saturated carbocycles. The molecule has 74 valence electrons. The van der Waals surface area contributed by atoms with Crippen molar-refractivity contribution in [3.63, 3.8) is 0 Å². The Labute approximate surface area is 97.6 Å². The molecule has 0 aliphatic rings. The van der Waals surface area contributed by atoms with Crippen molar-refractivity contribution < 1.29 is 4.21 Å². The number of rotatable bonds is 1. The average molecular weight is 265 g/mol. The highest BCUT2D eigenvalue weighted by atomic mass is 35.7. The Morgan fingerprint density at radius 2 is 2.14 bits per heavy atom. The lowest BCUT2D eigenvalue weighted by molar-refractivity contribution is 0.692. The highest BCUT2D eigenvalue weighted by Crippen LogP contribution is 2.35. The zero-order valence-corrected chi connectivity index (χ0v) is 10.4. The summed E-state index contributed by atoms with van der Waals surface area (Å²) in [4.78, 5) is 0. The van der Waals surface area contributed by atoms with Crippen LogP contribution in [-0.4, -0.2) is 4.21 Å². The fraction of sp³-hybridized carbons (Fsp3) is 0.111. The number of hydrogen-bond donors (Lipinski definition) is 0. The topological polar surface area (TPSA) is 17.1 Å². The fourth-order valence-electron chi connectivity index (χ4n) is 1.32. The summed E-state index contributed by atoms with van der Waals surface area (Å²) < 4.78 is 13.0. The molecule has 0 amide bonds.